The van der Waals surface area contributed by atoms with Gasteiger partial charge >= 0.3 is 0 Å². The van der Waals surface area contributed by atoms with E-state index in [1.54, 1.807) is 0 Å². The van der Waals surface area contributed by atoms with Crippen molar-refractivity contribution in [2.24, 2.45) is 0 Å². The number of nitriles is 1. The van der Waals surface area contributed by atoms with Crippen LogP contribution >= 0.6 is 0 Å². The topological polar surface area (TPSA) is 54.3 Å². The van der Waals surface area contributed by atoms with Gasteiger partial charge in [0.25, 0.3) is 0 Å². The molecule has 1 N–H and O–H groups in total. The standard InChI is InChI=1S/C14H18N2O2/c1-11(13-4-2-3-12(7-13)8-15)16-9-14-10-17-5-6-18-14/h2-4,7,11,14,16H,5-6,9-10H2,1H3. The van der Waals surface area contributed by atoms with Gasteiger partial charge in [0, 0.05) is 12.6 Å². The summed E-state index contributed by atoms with van der Waals surface area (Å²) < 4.78 is 10.9. The molecule has 0 saturated carbocycles. The van der Waals surface area contributed by atoms with Gasteiger partial charge in [-0.25, -0.2) is 0 Å². The van der Waals surface area contributed by atoms with Gasteiger partial charge in [-0.2, -0.15) is 5.26 Å². The molecular weight excluding hydrogens is 228 g/mol. The Kier molecular flexibility index (Phi) is 4.71. The largest absolute Gasteiger partial charge is 0.376 e. The maximum absolute atomic E-state index is 8.87. The third kappa shape index (κ3) is 3.54. The summed E-state index contributed by atoms with van der Waals surface area (Å²) in [5, 5.41) is 12.3. The monoisotopic (exact) mass is 246 g/mol. The molecule has 1 saturated heterocycles. The lowest BCUT2D eigenvalue weighted by Crippen LogP contribution is -2.38. The van der Waals surface area contributed by atoms with E-state index in [0.29, 0.717) is 25.4 Å². The summed E-state index contributed by atoms with van der Waals surface area (Å²) in [6.45, 7) is 4.86. The summed E-state index contributed by atoms with van der Waals surface area (Å²) in [5.74, 6) is 0. The molecule has 0 amide bonds. The number of ether oxygens (including phenoxy) is 2. The van der Waals surface area contributed by atoms with Crippen LogP contribution in [-0.4, -0.2) is 32.5 Å². The molecule has 1 aromatic rings. The number of nitrogens with one attached hydrogen (secondary N) is 1. The first-order valence-corrected chi connectivity index (χ1v) is 6.22. The predicted molar refractivity (Wildman–Crippen MR) is 68.1 cm³/mol. The number of hydrogen-bond acceptors (Lipinski definition) is 4. The molecule has 1 aromatic carbocycles. The van der Waals surface area contributed by atoms with E-state index in [1.807, 2.05) is 24.3 Å². The van der Waals surface area contributed by atoms with Crippen molar-refractivity contribution < 1.29 is 9.47 Å². The quantitative estimate of drug-likeness (QED) is 0.877. The Bertz CT molecular complexity index is 422. The second kappa shape index (κ2) is 6.50. The van der Waals surface area contributed by atoms with E-state index in [1.165, 1.54) is 0 Å². The minimum Gasteiger partial charge on any atom is -0.376 e. The molecule has 1 aliphatic heterocycles. The van der Waals surface area contributed by atoms with Crippen LogP contribution < -0.4 is 5.32 Å². The zero-order valence-corrected chi connectivity index (χ0v) is 10.6. The van der Waals surface area contributed by atoms with Gasteiger partial charge in [-0.15, -0.1) is 0 Å². The van der Waals surface area contributed by atoms with E-state index in [2.05, 4.69) is 18.3 Å². The molecule has 2 atom stereocenters. The van der Waals surface area contributed by atoms with E-state index in [9.17, 15) is 0 Å². The van der Waals surface area contributed by atoms with Gasteiger partial charge < -0.3 is 14.8 Å². The highest BCUT2D eigenvalue weighted by molar-refractivity contribution is 5.33. The van der Waals surface area contributed by atoms with Crippen molar-refractivity contribution in [1.29, 1.82) is 5.26 Å². The van der Waals surface area contributed by atoms with Crippen molar-refractivity contribution in [3.63, 3.8) is 0 Å². The Morgan fingerprint density at radius 3 is 3.11 bits per heavy atom. The fourth-order valence-corrected chi connectivity index (χ4v) is 1.96. The molecule has 1 heterocycles. The number of rotatable bonds is 4. The van der Waals surface area contributed by atoms with Gasteiger partial charge in [0.1, 0.15) is 0 Å². The Balaban J connectivity index is 1.86. The van der Waals surface area contributed by atoms with E-state index < -0.39 is 0 Å². The zero-order valence-electron chi connectivity index (χ0n) is 10.6. The molecule has 96 valence electrons. The molecular formula is C14H18N2O2. The molecule has 1 fully saturated rings. The fourth-order valence-electron chi connectivity index (χ4n) is 1.96. The summed E-state index contributed by atoms with van der Waals surface area (Å²) in [6, 6.07) is 10.0. The van der Waals surface area contributed by atoms with Crippen LogP contribution in [0.25, 0.3) is 0 Å². The van der Waals surface area contributed by atoms with E-state index in [0.717, 1.165) is 12.1 Å². The average Bonchev–Trinajstić information content (AvgIpc) is 2.46. The molecule has 0 aliphatic carbocycles. The third-order valence-corrected chi connectivity index (χ3v) is 3.05. The van der Waals surface area contributed by atoms with Crippen molar-refractivity contribution in [2.45, 2.75) is 19.1 Å². The minimum atomic E-state index is 0.125. The lowest BCUT2D eigenvalue weighted by Gasteiger charge is -2.25. The SMILES string of the molecule is CC(NCC1COCCO1)c1cccc(C#N)c1. The Morgan fingerprint density at radius 1 is 1.50 bits per heavy atom. The van der Waals surface area contributed by atoms with Gasteiger partial charge in [-0.3, -0.25) is 0 Å². The van der Waals surface area contributed by atoms with Crippen LogP contribution in [0.1, 0.15) is 24.1 Å². The lowest BCUT2D eigenvalue weighted by atomic mass is 10.1. The number of hydrogen-bond donors (Lipinski definition) is 1. The van der Waals surface area contributed by atoms with Gasteiger partial charge in [-0.05, 0) is 24.6 Å². The first-order chi connectivity index (χ1) is 8.79. The molecule has 0 radical (unpaired) electrons. The summed E-state index contributed by atoms with van der Waals surface area (Å²) >= 11 is 0. The van der Waals surface area contributed by atoms with Gasteiger partial charge in [0.15, 0.2) is 0 Å². The summed E-state index contributed by atoms with van der Waals surface area (Å²) in [6.07, 6.45) is 0.125. The number of nitrogens with zero attached hydrogens (tertiary/aromatic N) is 1. The summed E-state index contributed by atoms with van der Waals surface area (Å²) in [5.41, 5.74) is 1.81. The third-order valence-electron chi connectivity index (χ3n) is 3.05. The summed E-state index contributed by atoms with van der Waals surface area (Å²) in [4.78, 5) is 0. The van der Waals surface area contributed by atoms with Crippen LogP contribution in [0.5, 0.6) is 0 Å². The first kappa shape index (κ1) is 13.0. The Labute approximate surface area is 108 Å². The molecule has 2 rings (SSSR count). The molecule has 0 bridgehead atoms. The van der Waals surface area contributed by atoms with Crippen LogP contribution in [0.4, 0.5) is 0 Å². The van der Waals surface area contributed by atoms with E-state index in [-0.39, 0.29) is 12.1 Å². The zero-order chi connectivity index (χ0) is 12.8. The first-order valence-electron chi connectivity index (χ1n) is 6.22. The van der Waals surface area contributed by atoms with Crippen LogP contribution in [0.15, 0.2) is 24.3 Å². The Hall–Kier alpha value is -1.41. The second-order valence-electron chi connectivity index (χ2n) is 4.43. The average molecular weight is 246 g/mol. The smallest absolute Gasteiger partial charge is 0.0991 e. The minimum absolute atomic E-state index is 0.125. The second-order valence-corrected chi connectivity index (χ2v) is 4.43. The van der Waals surface area contributed by atoms with Crippen molar-refractivity contribution >= 4 is 0 Å². The highest BCUT2D eigenvalue weighted by Gasteiger charge is 2.15. The molecule has 1 aliphatic rings. The van der Waals surface area contributed by atoms with Crippen molar-refractivity contribution in [1.82, 2.24) is 5.32 Å². The molecule has 0 spiro atoms. The van der Waals surface area contributed by atoms with Crippen LogP contribution in [-0.2, 0) is 9.47 Å². The molecule has 0 aromatic heterocycles. The van der Waals surface area contributed by atoms with Gasteiger partial charge in [0.2, 0.25) is 0 Å². The highest BCUT2D eigenvalue weighted by atomic mass is 16.6. The Morgan fingerprint density at radius 2 is 2.39 bits per heavy atom. The van der Waals surface area contributed by atoms with Crippen molar-refractivity contribution in [3.05, 3.63) is 35.4 Å². The van der Waals surface area contributed by atoms with Gasteiger partial charge in [0.05, 0.1) is 37.6 Å². The van der Waals surface area contributed by atoms with E-state index in [4.69, 9.17) is 14.7 Å². The van der Waals surface area contributed by atoms with Gasteiger partial charge in [-0.1, -0.05) is 12.1 Å². The molecule has 2 unspecified atom stereocenters. The van der Waals surface area contributed by atoms with E-state index >= 15 is 0 Å². The fraction of sp³-hybridized carbons (Fsp3) is 0.500. The maximum Gasteiger partial charge on any atom is 0.0991 e. The molecule has 4 nitrogen and oxygen atoms in total. The highest BCUT2D eigenvalue weighted by Crippen LogP contribution is 2.14. The molecule has 4 heteroatoms. The molecule has 18 heavy (non-hydrogen) atoms. The van der Waals surface area contributed by atoms with Crippen LogP contribution in [0, 0.1) is 11.3 Å². The normalized spacial score (nSPS) is 21.2. The lowest BCUT2D eigenvalue weighted by molar-refractivity contribution is -0.0869. The maximum atomic E-state index is 8.87. The predicted octanol–water partition coefficient (Wildman–Crippen LogP) is 1.62. The van der Waals surface area contributed by atoms with Crippen LogP contribution in [0.2, 0.25) is 0 Å². The van der Waals surface area contributed by atoms with Crippen molar-refractivity contribution in [2.75, 3.05) is 26.4 Å². The van der Waals surface area contributed by atoms with Crippen molar-refractivity contribution in [3.8, 4) is 6.07 Å². The number of benzene rings is 1. The summed E-state index contributed by atoms with van der Waals surface area (Å²) in [7, 11) is 0. The van der Waals surface area contributed by atoms with Crippen LogP contribution in [0.3, 0.4) is 0 Å².